The van der Waals surface area contributed by atoms with Crippen molar-refractivity contribution in [3.63, 3.8) is 0 Å². The second-order valence-corrected chi connectivity index (χ2v) is 8.19. The minimum absolute atomic E-state index is 0.436. The van der Waals surface area contributed by atoms with Crippen molar-refractivity contribution in [3.8, 4) is 0 Å². The van der Waals surface area contributed by atoms with Crippen LogP contribution in [0.25, 0.3) is 0 Å². The first-order valence-electron chi connectivity index (χ1n) is 9.20. The van der Waals surface area contributed by atoms with Gasteiger partial charge in [-0.3, -0.25) is 5.14 Å². The number of hydrogen-bond acceptors (Lipinski definition) is 5. The highest BCUT2D eigenvalue weighted by Crippen LogP contribution is 2.38. The van der Waals surface area contributed by atoms with Gasteiger partial charge < -0.3 is 20.6 Å². The number of nitrogens with two attached hydrogens (primary N) is 2. The molecule has 146 valence electrons. The van der Waals surface area contributed by atoms with Crippen LogP contribution in [0.5, 0.6) is 0 Å². The number of carbonyl (C=O) groups is 1. The fourth-order valence-corrected chi connectivity index (χ4v) is 4.09. The molecule has 6 nitrogen and oxygen atoms in total. The minimum atomic E-state index is -0.850. The molecule has 0 unspecified atom stereocenters. The van der Waals surface area contributed by atoms with Gasteiger partial charge in [0.1, 0.15) is 0 Å². The van der Waals surface area contributed by atoms with Gasteiger partial charge in [0, 0.05) is 11.3 Å². The van der Waals surface area contributed by atoms with Gasteiger partial charge >= 0.3 is 6.03 Å². The number of primary amides is 1. The molecule has 6 N–H and O–H groups in total. The van der Waals surface area contributed by atoms with E-state index in [1.807, 2.05) is 0 Å². The molecule has 2 aliphatic carbocycles. The van der Waals surface area contributed by atoms with Crippen LogP contribution in [0.2, 0.25) is 0 Å². The number of furan rings is 1. The average molecular weight is 390 g/mol. The van der Waals surface area contributed by atoms with Gasteiger partial charge in [0.05, 0.1) is 11.9 Å². The van der Waals surface area contributed by atoms with Crippen molar-refractivity contribution in [1.82, 2.24) is 0 Å². The molecule has 2 aromatic rings. The highest BCUT2D eigenvalue weighted by atomic mass is 32.2. The number of fused-ring (bicyclic) bond motifs is 2. The van der Waals surface area contributed by atoms with Crippen LogP contribution in [0.1, 0.15) is 54.5 Å². The third-order valence-electron chi connectivity index (χ3n) is 5.12. The second-order valence-electron chi connectivity index (χ2n) is 7.55. The largest absolute Gasteiger partial charge is 0.456 e. The van der Waals surface area contributed by atoms with Crippen LogP contribution in [0.3, 0.4) is 0 Å². The normalized spacial score (nSPS) is 15.0. The summed E-state index contributed by atoms with van der Waals surface area (Å²) in [5.41, 5.74) is 11.7. The number of aryl methyl sites for hydroxylation is 2. The van der Waals surface area contributed by atoms with Crippen molar-refractivity contribution in [1.29, 1.82) is 0 Å². The Morgan fingerprint density at radius 2 is 1.74 bits per heavy atom. The van der Waals surface area contributed by atoms with E-state index >= 15 is 0 Å². The Bertz CT molecular complexity index is 807. The summed E-state index contributed by atoms with van der Waals surface area (Å²) in [5, 5.41) is 18.2. The quantitative estimate of drug-likeness (QED) is 0.599. The van der Waals surface area contributed by atoms with E-state index in [2.05, 4.69) is 11.4 Å². The molecule has 4 rings (SSSR count). The van der Waals surface area contributed by atoms with Gasteiger partial charge in [-0.1, -0.05) is 6.07 Å². The summed E-state index contributed by atoms with van der Waals surface area (Å²) in [5.74, 6) is 0. The van der Waals surface area contributed by atoms with E-state index in [0.717, 1.165) is 48.9 Å². The smallest absolute Gasteiger partial charge is 0.316 e. The van der Waals surface area contributed by atoms with E-state index in [9.17, 15) is 9.90 Å². The lowest BCUT2D eigenvalue weighted by Gasteiger charge is -2.14. The maximum absolute atomic E-state index is 11.1. The first kappa shape index (κ1) is 19.8. The van der Waals surface area contributed by atoms with Gasteiger partial charge in [-0.15, -0.1) is 0 Å². The summed E-state index contributed by atoms with van der Waals surface area (Å²) >= 11 is 1.03. The van der Waals surface area contributed by atoms with Gasteiger partial charge in [0.15, 0.2) is 5.09 Å². The molecule has 0 saturated heterocycles. The molecule has 0 bridgehead atoms. The first-order chi connectivity index (χ1) is 12.8. The second kappa shape index (κ2) is 7.96. The number of nitrogens with one attached hydrogen (secondary N) is 1. The number of hydrogen-bond donors (Lipinski definition) is 4. The molecule has 2 aliphatic rings. The molecule has 1 heterocycles. The Morgan fingerprint density at radius 3 is 2.15 bits per heavy atom. The molecule has 0 atom stereocenters. The standard InChI is InChI=1S/C13H16N2O.C7H11NO2S/c14-13(16)15-12-10-5-1-3-8(10)7-9-4-2-6-11(9)12;1-7(2,9)5-3-6(11-8)10-4-5/h7H,1-6H2,(H3,14,15,16);3-4,9H,8H2,1-2H3. The monoisotopic (exact) mass is 389 g/mol. The lowest BCUT2D eigenvalue weighted by molar-refractivity contribution is 0.0779. The summed E-state index contributed by atoms with van der Waals surface area (Å²) in [6, 6.07) is 3.64. The number of amides is 2. The molecular formula is C20H27N3O3S. The summed E-state index contributed by atoms with van der Waals surface area (Å²) in [4.78, 5) is 11.1. The van der Waals surface area contributed by atoms with Crippen LogP contribution in [-0.2, 0) is 31.3 Å². The Kier molecular flexibility index (Phi) is 5.83. The van der Waals surface area contributed by atoms with Crippen LogP contribution in [0.4, 0.5) is 10.5 Å². The van der Waals surface area contributed by atoms with E-state index in [1.165, 1.54) is 41.4 Å². The van der Waals surface area contributed by atoms with Crippen molar-refractivity contribution in [2.45, 2.75) is 63.1 Å². The zero-order valence-corrected chi connectivity index (χ0v) is 16.6. The van der Waals surface area contributed by atoms with E-state index < -0.39 is 11.6 Å². The topological polar surface area (TPSA) is 115 Å². The van der Waals surface area contributed by atoms with Gasteiger partial charge in [-0.2, -0.15) is 0 Å². The highest BCUT2D eigenvalue weighted by molar-refractivity contribution is 7.96. The summed E-state index contributed by atoms with van der Waals surface area (Å²) in [6.45, 7) is 3.39. The fourth-order valence-electron chi connectivity index (χ4n) is 3.79. The van der Waals surface area contributed by atoms with E-state index in [4.69, 9.17) is 15.3 Å². The molecule has 1 aromatic heterocycles. The molecule has 0 spiro atoms. The van der Waals surface area contributed by atoms with Crippen molar-refractivity contribution >= 4 is 23.7 Å². The summed E-state index contributed by atoms with van der Waals surface area (Å²) in [7, 11) is 0. The molecule has 7 heteroatoms. The van der Waals surface area contributed by atoms with Crippen LogP contribution in [0, 0.1) is 0 Å². The van der Waals surface area contributed by atoms with Crippen molar-refractivity contribution < 1.29 is 14.3 Å². The predicted molar refractivity (Wildman–Crippen MR) is 108 cm³/mol. The SMILES string of the molecule is CC(C)(O)c1coc(SN)c1.NC(=O)Nc1c2c(cc3c1CCC3)CCC2. The van der Waals surface area contributed by atoms with Gasteiger partial charge in [-0.25, -0.2) is 4.79 Å². The molecule has 0 radical (unpaired) electrons. The van der Waals surface area contributed by atoms with Crippen molar-refractivity contribution in [2.75, 3.05) is 5.32 Å². The zero-order chi connectivity index (χ0) is 19.6. The Morgan fingerprint density at radius 1 is 1.15 bits per heavy atom. The molecular weight excluding hydrogens is 362 g/mol. The first-order valence-corrected chi connectivity index (χ1v) is 10.1. The molecule has 0 fully saturated rings. The van der Waals surface area contributed by atoms with Crippen molar-refractivity contribution in [2.24, 2.45) is 10.9 Å². The molecule has 1 aromatic carbocycles. The molecule has 0 saturated carbocycles. The number of aliphatic hydroxyl groups is 1. The number of benzene rings is 1. The Labute approximate surface area is 163 Å². The molecule has 27 heavy (non-hydrogen) atoms. The molecule has 0 aliphatic heterocycles. The van der Waals surface area contributed by atoms with E-state index in [-0.39, 0.29) is 0 Å². The van der Waals surface area contributed by atoms with Gasteiger partial charge in [-0.05, 0) is 92.6 Å². The van der Waals surface area contributed by atoms with Crippen LogP contribution in [0.15, 0.2) is 27.9 Å². The van der Waals surface area contributed by atoms with Gasteiger partial charge in [0.25, 0.3) is 0 Å². The summed E-state index contributed by atoms with van der Waals surface area (Å²) < 4.78 is 5.02. The summed E-state index contributed by atoms with van der Waals surface area (Å²) in [6.07, 6.45) is 8.37. The molecule has 2 amide bonds. The minimum Gasteiger partial charge on any atom is -0.456 e. The lowest BCUT2D eigenvalue weighted by atomic mass is 9.99. The number of anilines is 1. The maximum Gasteiger partial charge on any atom is 0.316 e. The lowest BCUT2D eigenvalue weighted by Crippen LogP contribution is -2.21. The average Bonchev–Trinajstić information content (AvgIpc) is 3.33. The Hall–Kier alpha value is -1.96. The highest BCUT2D eigenvalue weighted by Gasteiger charge is 2.24. The third kappa shape index (κ3) is 4.48. The van der Waals surface area contributed by atoms with Crippen LogP contribution >= 0.6 is 11.9 Å². The van der Waals surface area contributed by atoms with E-state index in [0.29, 0.717) is 5.09 Å². The third-order valence-corrected chi connectivity index (χ3v) is 5.57. The predicted octanol–water partition coefficient (Wildman–Crippen LogP) is 3.63. The van der Waals surface area contributed by atoms with Crippen molar-refractivity contribution in [3.05, 3.63) is 46.2 Å². The van der Waals surface area contributed by atoms with Crippen LogP contribution < -0.4 is 16.2 Å². The maximum atomic E-state index is 11.1. The Balaban J connectivity index is 0.000000168. The number of rotatable bonds is 3. The fraction of sp³-hybridized carbons (Fsp3) is 0.450. The van der Waals surface area contributed by atoms with E-state index in [1.54, 1.807) is 19.9 Å². The zero-order valence-electron chi connectivity index (χ0n) is 15.8. The number of carbonyl (C=O) groups excluding carboxylic acids is 1. The van der Waals surface area contributed by atoms with Crippen LogP contribution in [-0.4, -0.2) is 11.1 Å². The number of urea groups is 1. The van der Waals surface area contributed by atoms with Gasteiger partial charge in [0.2, 0.25) is 0 Å².